The Labute approximate surface area is 172 Å². The molecule has 0 spiro atoms. The number of carbonyl (C=O) groups excluding carboxylic acids is 1. The van der Waals surface area contributed by atoms with E-state index < -0.39 is 0 Å². The van der Waals surface area contributed by atoms with Gasteiger partial charge in [0, 0.05) is 16.3 Å². The van der Waals surface area contributed by atoms with Crippen molar-refractivity contribution in [2.24, 2.45) is 0 Å². The molecule has 0 bridgehead atoms. The predicted molar refractivity (Wildman–Crippen MR) is 114 cm³/mol. The number of rotatable bonds is 4. The van der Waals surface area contributed by atoms with Crippen LogP contribution in [0.5, 0.6) is 0 Å². The number of carbonyl (C=O) groups is 1. The van der Waals surface area contributed by atoms with Gasteiger partial charge in [-0.25, -0.2) is 14.1 Å². The number of benzene rings is 2. The largest absolute Gasteiger partial charge is 0.322 e. The average molecular weight is 406 g/mol. The Bertz CT molecular complexity index is 1230. The molecule has 0 aliphatic carbocycles. The summed E-state index contributed by atoms with van der Waals surface area (Å²) in [5, 5.41) is 8.14. The molecule has 4 rings (SSSR count). The molecular weight excluding hydrogens is 387 g/mol. The maximum absolute atomic E-state index is 13.7. The molecule has 0 radical (unpaired) electrons. The van der Waals surface area contributed by atoms with Gasteiger partial charge >= 0.3 is 0 Å². The zero-order valence-electron chi connectivity index (χ0n) is 16.2. The fourth-order valence-electron chi connectivity index (χ4n) is 3.28. The number of pyridine rings is 1. The van der Waals surface area contributed by atoms with Crippen LogP contribution in [0.1, 0.15) is 21.7 Å². The van der Waals surface area contributed by atoms with Gasteiger partial charge in [0.25, 0.3) is 5.91 Å². The third-order valence-corrected chi connectivity index (χ3v) is 5.29. The minimum Gasteiger partial charge on any atom is -0.322 e. The van der Waals surface area contributed by atoms with Crippen molar-refractivity contribution in [1.82, 2.24) is 14.8 Å². The lowest BCUT2D eigenvalue weighted by molar-refractivity contribution is 0.102. The van der Waals surface area contributed by atoms with E-state index in [2.05, 4.69) is 15.4 Å². The Morgan fingerprint density at radius 3 is 2.66 bits per heavy atom. The predicted octanol–water partition coefficient (Wildman–Crippen LogP) is 5.15. The van der Waals surface area contributed by atoms with Crippen molar-refractivity contribution in [3.05, 3.63) is 77.4 Å². The first kappa shape index (κ1) is 19.1. The first-order valence-electron chi connectivity index (χ1n) is 9.04. The Morgan fingerprint density at radius 1 is 1.10 bits per heavy atom. The monoisotopic (exact) mass is 406 g/mol. The highest BCUT2D eigenvalue weighted by Crippen LogP contribution is 2.26. The van der Waals surface area contributed by atoms with Crippen LogP contribution in [0, 0.1) is 19.7 Å². The molecule has 146 valence electrons. The lowest BCUT2D eigenvalue weighted by Gasteiger charge is -2.09. The normalized spacial score (nSPS) is 11.0. The van der Waals surface area contributed by atoms with Gasteiger partial charge in [-0.15, -0.1) is 11.8 Å². The Balaban J connectivity index is 1.82. The molecule has 0 saturated heterocycles. The van der Waals surface area contributed by atoms with Crippen LogP contribution in [0.2, 0.25) is 0 Å². The van der Waals surface area contributed by atoms with Crippen molar-refractivity contribution < 1.29 is 9.18 Å². The van der Waals surface area contributed by atoms with Crippen LogP contribution in [-0.4, -0.2) is 26.9 Å². The number of hydrogen-bond donors (Lipinski definition) is 1. The number of aromatic nitrogens is 3. The van der Waals surface area contributed by atoms with Gasteiger partial charge < -0.3 is 5.32 Å². The summed E-state index contributed by atoms with van der Waals surface area (Å²) < 4.78 is 15.3. The van der Waals surface area contributed by atoms with Crippen molar-refractivity contribution in [2.45, 2.75) is 18.7 Å². The number of anilines is 1. The Morgan fingerprint density at radius 2 is 1.90 bits per heavy atom. The van der Waals surface area contributed by atoms with Crippen molar-refractivity contribution in [1.29, 1.82) is 0 Å². The molecule has 4 aromatic rings. The summed E-state index contributed by atoms with van der Waals surface area (Å²) in [6.07, 6.45) is 1.99. The van der Waals surface area contributed by atoms with Crippen molar-refractivity contribution in [2.75, 3.05) is 11.6 Å². The molecule has 2 aromatic heterocycles. The highest BCUT2D eigenvalue weighted by atomic mass is 32.2. The van der Waals surface area contributed by atoms with E-state index in [0.717, 1.165) is 10.6 Å². The molecule has 29 heavy (non-hydrogen) atoms. The minimum atomic E-state index is -0.358. The Hall–Kier alpha value is -3.19. The van der Waals surface area contributed by atoms with Crippen LogP contribution in [0.15, 0.2) is 59.5 Å². The lowest BCUT2D eigenvalue weighted by atomic mass is 10.1. The Kier molecular flexibility index (Phi) is 5.07. The van der Waals surface area contributed by atoms with Crippen LogP contribution in [0.3, 0.4) is 0 Å². The van der Waals surface area contributed by atoms with E-state index >= 15 is 0 Å². The quantitative estimate of drug-likeness (QED) is 0.476. The summed E-state index contributed by atoms with van der Waals surface area (Å²) in [6.45, 7) is 3.64. The van der Waals surface area contributed by atoms with Crippen molar-refractivity contribution in [3.63, 3.8) is 0 Å². The molecule has 0 aliphatic rings. The first-order valence-corrected chi connectivity index (χ1v) is 10.3. The minimum absolute atomic E-state index is 0.236. The maximum atomic E-state index is 13.7. The van der Waals surface area contributed by atoms with E-state index in [4.69, 9.17) is 0 Å². The van der Waals surface area contributed by atoms with Crippen LogP contribution < -0.4 is 5.32 Å². The van der Waals surface area contributed by atoms with Crippen LogP contribution in [-0.2, 0) is 0 Å². The number of halogens is 1. The van der Waals surface area contributed by atoms with E-state index in [1.165, 1.54) is 12.1 Å². The highest BCUT2D eigenvalue weighted by Gasteiger charge is 2.20. The maximum Gasteiger partial charge on any atom is 0.256 e. The molecule has 0 aliphatic heterocycles. The molecule has 0 atom stereocenters. The summed E-state index contributed by atoms with van der Waals surface area (Å²) in [4.78, 5) is 18.7. The molecule has 1 amide bonds. The number of fused-ring (bicyclic) bond motifs is 1. The standard InChI is InChI=1S/C22H19FN4OS/c1-13-10-19(22(28)25-16-7-5-9-18(12-16)29-3)20-14(2)26-27(21(20)24-13)17-8-4-6-15(23)11-17/h4-12H,1-3H3,(H,25,28). The van der Waals surface area contributed by atoms with E-state index in [-0.39, 0.29) is 11.7 Å². The van der Waals surface area contributed by atoms with Crippen LogP contribution >= 0.6 is 11.8 Å². The average Bonchev–Trinajstić information content (AvgIpc) is 3.03. The number of aryl methyl sites for hydroxylation is 2. The fraction of sp³-hybridized carbons (Fsp3) is 0.136. The molecule has 2 aromatic carbocycles. The molecule has 7 heteroatoms. The van der Waals surface area contributed by atoms with Gasteiger partial charge in [0.1, 0.15) is 5.82 Å². The van der Waals surface area contributed by atoms with E-state index in [1.807, 2.05) is 44.4 Å². The third-order valence-electron chi connectivity index (χ3n) is 4.57. The smallest absolute Gasteiger partial charge is 0.256 e. The second kappa shape index (κ2) is 7.67. The van der Waals surface area contributed by atoms with E-state index in [0.29, 0.717) is 33.7 Å². The summed E-state index contributed by atoms with van der Waals surface area (Å²) >= 11 is 1.61. The van der Waals surface area contributed by atoms with Crippen LogP contribution in [0.25, 0.3) is 16.7 Å². The number of nitrogens with zero attached hydrogens (tertiary/aromatic N) is 3. The second-order valence-corrected chi connectivity index (χ2v) is 7.55. The zero-order valence-corrected chi connectivity index (χ0v) is 17.0. The van der Waals surface area contributed by atoms with E-state index in [1.54, 1.807) is 34.6 Å². The van der Waals surface area contributed by atoms with Gasteiger partial charge in [0.05, 0.1) is 22.3 Å². The highest BCUT2D eigenvalue weighted by molar-refractivity contribution is 7.98. The second-order valence-electron chi connectivity index (χ2n) is 6.67. The zero-order chi connectivity index (χ0) is 20.5. The van der Waals surface area contributed by atoms with Gasteiger partial charge in [-0.3, -0.25) is 4.79 Å². The molecule has 0 saturated carbocycles. The summed E-state index contributed by atoms with van der Waals surface area (Å²) in [5.41, 5.74) is 3.62. The van der Waals surface area contributed by atoms with Gasteiger partial charge in [0.15, 0.2) is 5.65 Å². The molecular formula is C22H19FN4OS. The fourth-order valence-corrected chi connectivity index (χ4v) is 3.74. The molecule has 2 heterocycles. The summed E-state index contributed by atoms with van der Waals surface area (Å²) in [7, 11) is 0. The van der Waals surface area contributed by atoms with Gasteiger partial charge in [0.2, 0.25) is 0 Å². The third kappa shape index (κ3) is 3.73. The van der Waals surface area contributed by atoms with E-state index in [9.17, 15) is 9.18 Å². The van der Waals surface area contributed by atoms with Crippen molar-refractivity contribution in [3.8, 4) is 5.69 Å². The van der Waals surface area contributed by atoms with Gasteiger partial charge in [-0.2, -0.15) is 5.10 Å². The molecule has 0 unspecified atom stereocenters. The molecule has 5 nitrogen and oxygen atoms in total. The number of hydrogen-bond acceptors (Lipinski definition) is 4. The molecule has 0 fully saturated rings. The number of nitrogens with one attached hydrogen (secondary N) is 1. The van der Waals surface area contributed by atoms with Gasteiger partial charge in [-0.1, -0.05) is 12.1 Å². The number of thioether (sulfide) groups is 1. The summed E-state index contributed by atoms with van der Waals surface area (Å²) in [6, 6.07) is 15.6. The molecule has 1 N–H and O–H groups in total. The van der Waals surface area contributed by atoms with Gasteiger partial charge in [-0.05, 0) is 62.6 Å². The number of amides is 1. The van der Waals surface area contributed by atoms with Crippen LogP contribution in [0.4, 0.5) is 10.1 Å². The lowest BCUT2D eigenvalue weighted by Crippen LogP contribution is -2.13. The first-order chi connectivity index (χ1) is 14.0. The SMILES string of the molecule is CSc1cccc(NC(=O)c2cc(C)nc3c2c(C)nn3-c2cccc(F)c2)c1. The summed E-state index contributed by atoms with van der Waals surface area (Å²) in [5.74, 6) is -0.594. The van der Waals surface area contributed by atoms with Crippen molar-refractivity contribution >= 4 is 34.4 Å². The topological polar surface area (TPSA) is 59.8 Å².